The van der Waals surface area contributed by atoms with Crippen molar-refractivity contribution in [2.75, 3.05) is 13.2 Å². The molecule has 20 heteroatoms. The van der Waals surface area contributed by atoms with Crippen LogP contribution >= 0.6 is 0 Å². The molecule has 3 heterocycles. The van der Waals surface area contributed by atoms with E-state index in [0.717, 1.165) is 41.5 Å². The van der Waals surface area contributed by atoms with Crippen molar-refractivity contribution >= 4 is 47.8 Å². The molecule has 1 spiro atoms. The second kappa shape index (κ2) is 17.3. The number of aliphatic hydroxyl groups is 1. The van der Waals surface area contributed by atoms with Gasteiger partial charge in [-0.1, -0.05) is 32.0 Å². The predicted octanol–water partition coefficient (Wildman–Crippen LogP) is 2.26. The molecule has 13 atom stereocenters. The zero-order valence-corrected chi connectivity index (χ0v) is 36.0. The molecule has 20 nitrogen and oxygen atoms in total. The lowest BCUT2D eigenvalue weighted by atomic mass is 9.45. The van der Waals surface area contributed by atoms with Crippen LogP contribution in [0.1, 0.15) is 94.6 Å². The van der Waals surface area contributed by atoms with Crippen molar-refractivity contribution in [1.82, 2.24) is 4.98 Å². The van der Waals surface area contributed by atoms with Crippen molar-refractivity contribution in [2.24, 2.45) is 17.3 Å². The number of pyridine rings is 1. The maximum atomic E-state index is 14.5. The molecule has 1 N–H and O–H groups in total. The summed E-state index contributed by atoms with van der Waals surface area (Å²) in [6.45, 7) is 8.49. The molecule has 2 aliphatic heterocycles. The predicted molar refractivity (Wildman–Crippen MR) is 206 cm³/mol. The molecule has 0 unspecified atom stereocenters. The number of ether oxygens (including phenoxy) is 8. The molecule has 2 aliphatic carbocycles. The number of cyclic esters (lactones) is 1. The Labute approximate surface area is 361 Å². The van der Waals surface area contributed by atoms with E-state index in [4.69, 9.17) is 47.7 Å². The number of esters is 7. The summed E-state index contributed by atoms with van der Waals surface area (Å²) in [5.74, 6) is -12.1. The van der Waals surface area contributed by atoms with Gasteiger partial charge in [0, 0.05) is 46.7 Å². The number of hydrogen-bond acceptors (Lipinski definition) is 20. The lowest BCUT2D eigenvalue weighted by Gasteiger charge is -2.67. The van der Waals surface area contributed by atoms with Crippen molar-refractivity contribution in [1.29, 1.82) is 0 Å². The Morgan fingerprint density at radius 2 is 1.35 bits per heavy atom. The van der Waals surface area contributed by atoms with Crippen LogP contribution in [0.4, 0.5) is 0 Å². The molecule has 340 valence electrons. The summed E-state index contributed by atoms with van der Waals surface area (Å²) in [5.41, 5.74) is -10.5. The summed E-state index contributed by atoms with van der Waals surface area (Å²) in [6, 6.07) is 10.4. The van der Waals surface area contributed by atoms with E-state index in [0.29, 0.717) is 0 Å². The molecule has 0 radical (unpaired) electrons. The summed E-state index contributed by atoms with van der Waals surface area (Å²) in [7, 11) is 0. The smallest absolute Gasteiger partial charge is 0.373 e. The fourth-order valence-electron chi connectivity index (χ4n) is 9.76. The topological polar surface area (TPSA) is 262 Å². The van der Waals surface area contributed by atoms with Gasteiger partial charge in [-0.15, -0.1) is 0 Å². The maximum Gasteiger partial charge on any atom is 0.373 e. The van der Waals surface area contributed by atoms with E-state index in [2.05, 4.69) is 4.98 Å². The van der Waals surface area contributed by atoms with Crippen molar-refractivity contribution in [3.05, 3.63) is 65.5 Å². The van der Waals surface area contributed by atoms with Crippen molar-refractivity contribution in [3.8, 4) is 0 Å². The molecular formula is C43H49NO19. The first-order valence-electron chi connectivity index (χ1n) is 20.0. The molecule has 4 bridgehead atoms. The minimum Gasteiger partial charge on any atom is -0.465 e. The second-order valence-electron chi connectivity index (χ2n) is 16.6. The highest BCUT2D eigenvalue weighted by atomic mass is 17.2. The molecule has 2 saturated carbocycles. The van der Waals surface area contributed by atoms with E-state index in [1.807, 2.05) is 0 Å². The van der Waals surface area contributed by atoms with Crippen molar-refractivity contribution in [3.63, 3.8) is 0 Å². The van der Waals surface area contributed by atoms with Crippen molar-refractivity contribution in [2.45, 2.75) is 122 Å². The van der Waals surface area contributed by atoms with Gasteiger partial charge in [0.25, 0.3) is 0 Å². The zero-order valence-electron chi connectivity index (χ0n) is 36.0. The van der Waals surface area contributed by atoms with Crippen LogP contribution in [0.3, 0.4) is 0 Å². The van der Waals surface area contributed by atoms with Crippen LogP contribution in [-0.4, -0.2) is 124 Å². The first-order chi connectivity index (χ1) is 29.5. The molecule has 1 saturated heterocycles. The highest BCUT2D eigenvalue weighted by Gasteiger charge is 2.92. The number of fused-ring (bicyclic) bond motifs is 5. The summed E-state index contributed by atoms with van der Waals surface area (Å²) in [6.07, 6.45) is -11.0. The minimum atomic E-state index is -2.90. The number of hydrogen-bond donors (Lipinski definition) is 1. The van der Waals surface area contributed by atoms with E-state index in [1.165, 1.54) is 56.4 Å². The van der Waals surface area contributed by atoms with Gasteiger partial charge in [0.05, 0.1) is 28.7 Å². The van der Waals surface area contributed by atoms with Gasteiger partial charge in [0.2, 0.25) is 0 Å². The van der Waals surface area contributed by atoms with Crippen LogP contribution in [0.2, 0.25) is 0 Å². The van der Waals surface area contributed by atoms with Crippen molar-refractivity contribution < 1.29 is 91.1 Å². The summed E-state index contributed by atoms with van der Waals surface area (Å²) in [5, 5.41) is 13.6. The van der Waals surface area contributed by atoms with Crippen LogP contribution < -0.4 is 0 Å². The number of nitrogens with zero attached hydrogens (tertiary/aromatic N) is 1. The van der Waals surface area contributed by atoms with Gasteiger partial charge in [0.1, 0.15) is 47.6 Å². The molecule has 2 aromatic rings. The van der Waals surface area contributed by atoms with Gasteiger partial charge in [0.15, 0.2) is 24.4 Å². The third-order valence-electron chi connectivity index (χ3n) is 12.4. The van der Waals surface area contributed by atoms with E-state index >= 15 is 0 Å². The lowest BCUT2D eigenvalue weighted by molar-refractivity contribution is -0.419. The highest BCUT2D eigenvalue weighted by molar-refractivity contribution is 5.91. The number of aromatic nitrogens is 1. The van der Waals surface area contributed by atoms with Gasteiger partial charge < -0.3 is 43.0 Å². The average Bonchev–Trinajstić information content (AvgIpc) is 3.45. The van der Waals surface area contributed by atoms with Gasteiger partial charge >= 0.3 is 47.8 Å². The Balaban J connectivity index is 1.78. The van der Waals surface area contributed by atoms with Crippen LogP contribution in [0.25, 0.3) is 0 Å². The number of carbonyl (C=O) groups is 8. The van der Waals surface area contributed by atoms with Gasteiger partial charge in [-0.05, 0) is 38.1 Å². The molecular weight excluding hydrogens is 834 g/mol. The Kier molecular flexibility index (Phi) is 12.8. The minimum absolute atomic E-state index is 0.0278. The fraction of sp³-hybridized carbons (Fsp3) is 0.558. The van der Waals surface area contributed by atoms with E-state index in [9.17, 15) is 43.5 Å². The largest absolute Gasteiger partial charge is 0.465 e. The van der Waals surface area contributed by atoms with Crippen LogP contribution in [0, 0.1) is 17.3 Å². The van der Waals surface area contributed by atoms with Crippen LogP contribution in [0.5, 0.6) is 0 Å². The van der Waals surface area contributed by atoms with E-state index in [1.54, 1.807) is 13.0 Å². The molecule has 1 aromatic heterocycles. The summed E-state index contributed by atoms with van der Waals surface area (Å²) < 4.78 is 48.8. The summed E-state index contributed by atoms with van der Waals surface area (Å²) in [4.78, 5) is 125. The number of carbonyl (C=O) groups excluding carboxylic acids is 8. The molecule has 63 heavy (non-hydrogen) atoms. The first-order valence-corrected chi connectivity index (χ1v) is 20.0. The SMILES string of the molecule is CC(=O)OC[C@]12[C@H](OC(C)=O)[C@H](OC(C)=O)[C@@H]3[C@@H](OOC(=O)c4ccccc4)[C@@]14O[C@@]3(C)COC(=O)c1cccnc1[C@@H](C)[C@H](C)C(=O)O[C@@H]([C@H](OC(C)=O)[C@@H]2OC(C)=O)[C@]4(C)O. The third-order valence-corrected chi connectivity index (χ3v) is 12.4. The van der Waals surface area contributed by atoms with E-state index < -0.39 is 138 Å². The molecule has 1 aromatic carbocycles. The maximum absolute atomic E-state index is 14.5. The van der Waals surface area contributed by atoms with Crippen LogP contribution in [0.15, 0.2) is 48.7 Å². The Bertz CT molecular complexity index is 2180. The normalized spacial score (nSPS) is 35.6. The fourth-order valence-corrected chi connectivity index (χ4v) is 9.76. The highest BCUT2D eigenvalue weighted by Crippen LogP contribution is 2.70. The third kappa shape index (κ3) is 7.88. The van der Waals surface area contributed by atoms with Gasteiger partial charge in [-0.3, -0.25) is 38.6 Å². The molecule has 4 aliphatic rings. The van der Waals surface area contributed by atoms with Gasteiger partial charge in [-0.2, -0.15) is 4.89 Å². The van der Waals surface area contributed by atoms with Crippen LogP contribution in [-0.2, 0) is 76.4 Å². The number of rotatable bonds is 9. The second-order valence-corrected chi connectivity index (χ2v) is 16.6. The summed E-state index contributed by atoms with van der Waals surface area (Å²) >= 11 is 0. The Morgan fingerprint density at radius 1 is 0.762 bits per heavy atom. The Hall–Kier alpha value is -5.99. The average molecular weight is 884 g/mol. The van der Waals surface area contributed by atoms with Gasteiger partial charge in [-0.25, -0.2) is 9.59 Å². The quantitative estimate of drug-likeness (QED) is 0.164. The first kappa shape index (κ1) is 46.5. The van der Waals surface area contributed by atoms with E-state index in [-0.39, 0.29) is 16.8 Å². The zero-order chi connectivity index (χ0) is 46.4. The monoisotopic (exact) mass is 883 g/mol. The lowest BCUT2D eigenvalue weighted by Crippen LogP contribution is -2.89. The molecule has 0 amide bonds. The number of benzene rings is 1. The standard InChI is InChI=1S/C43H49NO19/c1-20-21(2)37(50)60-34-32(57-24(5)47)36(59-26(7)49)42(19-54-22(3)45)35(58-25(6)48)31(56-23(4)46)29-33(61-62-38(51)27-14-11-10-12-15-27)43(42,41(34,9)53)63-40(29,8)18-55-39(52)28-16-13-17-44-30(20)28/h10-17,20-21,29,31-36,53H,18-19H2,1-9H3/t20-,21-,29+,31+,32-,33+,34-,35+,36-,40-,41-,42+,43-/m0/s1. The molecule has 3 fully saturated rings. The molecule has 6 rings (SSSR count). The Morgan fingerprint density at radius 3 is 1.94 bits per heavy atom.